The van der Waals surface area contributed by atoms with E-state index in [0.29, 0.717) is 43.2 Å². The Morgan fingerprint density at radius 2 is 1.58 bits per heavy atom. The fourth-order valence-corrected chi connectivity index (χ4v) is 3.69. The number of benzene rings is 2. The molecule has 0 radical (unpaired) electrons. The molecule has 0 N–H and O–H groups in total. The van der Waals surface area contributed by atoms with Crippen LogP contribution in [0.4, 0.5) is 14.6 Å². The first kappa shape index (κ1) is 19.0. The Hall–Kier alpha value is -3.95. The number of fused-ring (bicyclic) bond motifs is 1. The van der Waals surface area contributed by atoms with Crippen molar-refractivity contribution in [2.45, 2.75) is 0 Å². The van der Waals surface area contributed by atoms with E-state index in [9.17, 15) is 13.6 Å². The van der Waals surface area contributed by atoms with Crippen LogP contribution < -0.4 is 4.90 Å². The van der Waals surface area contributed by atoms with Crippen molar-refractivity contribution in [2.75, 3.05) is 31.1 Å². The van der Waals surface area contributed by atoms with Gasteiger partial charge in [-0.25, -0.2) is 18.7 Å². The number of para-hydroxylation sites is 1. The molecule has 10 heteroatoms. The molecule has 0 aliphatic carbocycles. The number of halogens is 2. The Bertz CT molecular complexity index is 1230. The third kappa shape index (κ3) is 3.35. The summed E-state index contributed by atoms with van der Waals surface area (Å²) in [5, 5.41) is 8.47. The SMILES string of the molecule is O=C(c1c(F)cccc1F)N1CCN(c2ncnc3c2nnn3-c2ccccc2)CC1. The molecule has 1 aliphatic rings. The average molecular weight is 421 g/mol. The van der Waals surface area contributed by atoms with Crippen LogP contribution >= 0.6 is 0 Å². The second-order valence-corrected chi connectivity index (χ2v) is 7.08. The van der Waals surface area contributed by atoms with E-state index in [1.54, 1.807) is 4.68 Å². The first-order valence-corrected chi connectivity index (χ1v) is 9.73. The molecule has 0 spiro atoms. The van der Waals surface area contributed by atoms with Crippen LogP contribution in [0.2, 0.25) is 0 Å². The summed E-state index contributed by atoms with van der Waals surface area (Å²) in [5.74, 6) is -1.76. The highest BCUT2D eigenvalue weighted by Gasteiger charge is 2.28. The zero-order valence-electron chi connectivity index (χ0n) is 16.3. The van der Waals surface area contributed by atoms with Gasteiger partial charge in [-0.15, -0.1) is 5.10 Å². The van der Waals surface area contributed by atoms with Crippen molar-refractivity contribution in [1.29, 1.82) is 0 Å². The largest absolute Gasteiger partial charge is 0.351 e. The van der Waals surface area contributed by atoms with E-state index in [4.69, 9.17) is 0 Å². The molecule has 3 heterocycles. The molecule has 1 aliphatic heterocycles. The molecule has 0 unspecified atom stereocenters. The van der Waals surface area contributed by atoms with Gasteiger partial charge in [0.1, 0.15) is 23.5 Å². The average Bonchev–Trinajstić information content (AvgIpc) is 3.24. The van der Waals surface area contributed by atoms with Crippen LogP contribution in [0.5, 0.6) is 0 Å². The Kier molecular flexibility index (Phi) is 4.73. The summed E-state index contributed by atoms with van der Waals surface area (Å²) >= 11 is 0. The van der Waals surface area contributed by atoms with Gasteiger partial charge >= 0.3 is 0 Å². The van der Waals surface area contributed by atoms with Crippen LogP contribution in [0.1, 0.15) is 10.4 Å². The van der Waals surface area contributed by atoms with Crippen molar-refractivity contribution in [1.82, 2.24) is 29.9 Å². The lowest BCUT2D eigenvalue weighted by Gasteiger charge is -2.35. The van der Waals surface area contributed by atoms with E-state index in [-0.39, 0.29) is 0 Å². The summed E-state index contributed by atoms with van der Waals surface area (Å²) in [6.45, 7) is 1.47. The van der Waals surface area contributed by atoms with Gasteiger partial charge in [-0.3, -0.25) is 4.79 Å². The summed E-state index contributed by atoms with van der Waals surface area (Å²) < 4.78 is 29.6. The number of rotatable bonds is 3. The van der Waals surface area contributed by atoms with Crippen molar-refractivity contribution in [2.24, 2.45) is 0 Å². The third-order valence-electron chi connectivity index (χ3n) is 5.26. The van der Waals surface area contributed by atoms with Crippen molar-refractivity contribution < 1.29 is 13.6 Å². The molecule has 0 atom stereocenters. The van der Waals surface area contributed by atoms with Crippen LogP contribution in [0.3, 0.4) is 0 Å². The normalized spacial score (nSPS) is 14.3. The number of aromatic nitrogens is 5. The van der Waals surface area contributed by atoms with Crippen molar-refractivity contribution in [3.8, 4) is 5.69 Å². The van der Waals surface area contributed by atoms with Crippen molar-refractivity contribution >= 4 is 22.9 Å². The standard InChI is InChI=1S/C21H17F2N7O/c22-15-7-4-8-16(23)17(15)21(31)29-11-9-28(10-12-29)19-18-20(25-13-24-19)30(27-26-18)14-5-2-1-3-6-14/h1-8,13H,9-12H2. The van der Waals surface area contributed by atoms with Gasteiger partial charge in [0.15, 0.2) is 17.0 Å². The molecule has 2 aromatic carbocycles. The lowest BCUT2D eigenvalue weighted by Crippen LogP contribution is -2.49. The monoisotopic (exact) mass is 421 g/mol. The van der Waals surface area contributed by atoms with Crippen molar-refractivity contribution in [3.63, 3.8) is 0 Å². The van der Waals surface area contributed by atoms with Gasteiger partial charge in [-0.2, -0.15) is 4.68 Å². The number of hydrogen-bond donors (Lipinski definition) is 0. The number of amides is 1. The van der Waals surface area contributed by atoms with Crippen LogP contribution in [-0.4, -0.2) is 61.9 Å². The van der Waals surface area contributed by atoms with E-state index < -0.39 is 23.1 Å². The van der Waals surface area contributed by atoms with E-state index in [2.05, 4.69) is 20.3 Å². The minimum Gasteiger partial charge on any atom is -0.351 e. The van der Waals surface area contributed by atoms with Gasteiger partial charge in [0.05, 0.1) is 5.69 Å². The fourth-order valence-electron chi connectivity index (χ4n) is 3.69. The van der Waals surface area contributed by atoms with E-state index in [1.165, 1.54) is 17.3 Å². The van der Waals surface area contributed by atoms with E-state index in [1.807, 2.05) is 35.2 Å². The molecule has 0 saturated carbocycles. The first-order valence-electron chi connectivity index (χ1n) is 9.73. The van der Waals surface area contributed by atoms with Crippen molar-refractivity contribution in [3.05, 3.63) is 72.1 Å². The molecular weight excluding hydrogens is 404 g/mol. The van der Waals surface area contributed by atoms with Gasteiger partial charge in [-0.05, 0) is 24.3 Å². The molecule has 1 amide bonds. The highest BCUT2D eigenvalue weighted by atomic mass is 19.1. The second kappa shape index (κ2) is 7.71. The molecular formula is C21H17F2N7O. The molecule has 156 valence electrons. The molecule has 2 aromatic heterocycles. The molecule has 8 nitrogen and oxygen atoms in total. The zero-order chi connectivity index (χ0) is 21.4. The van der Waals surface area contributed by atoms with Gasteiger partial charge in [0.25, 0.3) is 5.91 Å². The number of anilines is 1. The van der Waals surface area contributed by atoms with E-state index in [0.717, 1.165) is 17.8 Å². The predicted octanol–water partition coefficient (Wildman–Crippen LogP) is 2.45. The molecule has 5 rings (SSSR count). The second-order valence-electron chi connectivity index (χ2n) is 7.08. The molecule has 1 saturated heterocycles. The smallest absolute Gasteiger partial charge is 0.259 e. The summed E-state index contributed by atoms with van der Waals surface area (Å²) in [4.78, 5) is 24.7. The van der Waals surface area contributed by atoms with Gasteiger partial charge in [0, 0.05) is 26.2 Å². The minimum atomic E-state index is -0.859. The number of carbonyl (C=O) groups excluding carboxylic acids is 1. The van der Waals surface area contributed by atoms with Gasteiger partial charge < -0.3 is 9.80 Å². The Morgan fingerprint density at radius 1 is 0.871 bits per heavy atom. The number of piperazine rings is 1. The lowest BCUT2D eigenvalue weighted by atomic mass is 10.1. The highest BCUT2D eigenvalue weighted by molar-refractivity contribution is 5.95. The maximum atomic E-state index is 14.0. The summed E-state index contributed by atoms with van der Waals surface area (Å²) in [5.41, 5.74) is 1.43. The fraction of sp³-hybridized carbons (Fsp3) is 0.190. The Morgan fingerprint density at radius 3 is 2.29 bits per heavy atom. The van der Waals surface area contributed by atoms with Crippen LogP contribution in [0.25, 0.3) is 16.9 Å². The summed E-state index contributed by atoms with van der Waals surface area (Å²) in [6, 6.07) is 12.9. The van der Waals surface area contributed by atoms with Crippen LogP contribution in [-0.2, 0) is 0 Å². The number of nitrogens with zero attached hydrogens (tertiary/aromatic N) is 7. The number of carbonyl (C=O) groups is 1. The summed E-state index contributed by atoms with van der Waals surface area (Å²) in [7, 11) is 0. The van der Waals surface area contributed by atoms with Gasteiger partial charge in [-0.1, -0.05) is 29.5 Å². The predicted molar refractivity (Wildman–Crippen MR) is 109 cm³/mol. The highest BCUT2D eigenvalue weighted by Crippen LogP contribution is 2.24. The Labute approximate surface area is 175 Å². The molecule has 31 heavy (non-hydrogen) atoms. The lowest BCUT2D eigenvalue weighted by molar-refractivity contribution is 0.0736. The van der Waals surface area contributed by atoms with E-state index >= 15 is 0 Å². The maximum Gasteiger partial charge on any atom is 0.259 e. The summed E-state index contributed by atoms with van der Waals surface area (Å²) in [6.07, 6.45) is 1.45. The molecule has 0 bridgehead atoms. The third-order valence-corrected chi connectivity index (χ3v) is 5.26. The minimum absolute atomic E-state index is 0.297. The topological polar surface area (TPSA) is 80.0 Å². The Balaban J connectivity index is 1.38. The quantitative estimate of drug-likeness (QED) is 0.506. The van der Waals surface area contributed by atoms with Crippen LogP contribution in [0, 0.1) is 11.6 Å². The first-order chi connectivity index (χ1) is 15.1. The molecule has 1 fully saturated rings. The maximum absolute atomic E-state index is 14.0. The van der Waals surface area contributed by atoms with Crippen LogP contribution in [0.15, 0.2) is 54.9 Å². The number of hydrogen-bond acceptors (Lipinski definition) is 6. The molecule has 4 aromatic rings. The zero-order valence-corrected chi connectivity index (χ0v) is 16.3. The van der Waals surface area contributed by atoms with Gasteiger partial charge in [0.2, 0.25) is 0 Å².